The third-order valence-corrected chi connectivity index (χ3v) is 14.9. The normalized spacial score (nSPS) is 18.0. The van der Waals surface area contributed by atoms with Crippen LogP contribution in [0.5, 0.6) is 0 Å². The summed E-state index contributed by atoms with van der Waals surface area (Å²) in [7, 11) is -3.77. The Labute approximate surface area is 351 Å². The molecule has 0 aliphatic heterocycles. The van der Waals surface area contributed by atoms with E-state index in [1.165, 1.54) is 36.0 Å². The van der Waals surface area contributed by atoms with Gasteiger partial charge in [0.05, 0.1) is 9.79 Å². The summed E-state index contributed by atoms with van der Waals surface area (Å²) in [6, 6.07) is 41.7. The summed E-state index contributed by atoms with van der Waals surface area (Å²) in [5.41, 5.74) is 9.46. The number of sulfone groups is 1. The van der Waals surface area contributed by atoms with Gasteiger partial charge in [-0.1, -0.05) is 126 Å². The maximum Gasteiger partial charge on any atom is 0.206 e. The van der Waals surface area contributed by atoms with Gasteiger partial charge in [0.25, 0.3) is 0 Å². The molecular weight excluding hydrogens is 729 g/mol. The highest BCUT2D eigenvalue weighted by Crippen LogP contribution is 2.48. The molecule has 4 nitrogen and oxygen atoms in total. The lowest BCUT2D eigenvalue weighted by molar-refractivity contribution is 0.103. The van der Waals surface area contributed by atoms with Gasteiger partial charge in [0, 0.05) is 34.5 Å². The van der Waals surface area contributed by atoms with Crippen molar-refractivity contribution >= 4 is 38.3 Å². The van der Waals surface area contributed by atoms with Gasteiger partial charge in [-0.2, -0.15) is 0 Å². The van der Waals surface area contributed by atoms with Gasteiger partial charge in [-0.3, -0.25) is 0 Å². The Bertz CT molecular complexity index is 2170. The molecule has 0 aromatic heterocycles. The minimum atomic E-state index is -3.77. The first kappa shape index (κ1) is 43.2. The molecule has 5 aromatic carbocycles. The van der Waals surface area contributed by atoms with Crippen molar-refractivity contribution in [3.05, 3.63) is 138 Å². The number of anilines is 5. The Morgan fingerprint density at radius 3 is 1.10 bits per heavy atom. The second-order valence-electron chi connectivity index (χ2n) is 20.2. The molecule has 0 unspecified atom stereocenters. The van der Waals surface area contributed by atoms with E-state index in [1.54, 1.807) is 24.3 Å². The van der Waals surface area contributed by atoms with Crippen molar-refractivity contribution < 1.29 is 8.42 Å². The third-order valence-electron chi connectivity index (χ3n) is 13.1. The monoisotopic (exact) mass is 797 g/mol. The molecule has 0 saturated heterocycles. The summed E-state index contributed by atoms with van der Waals surface area (Å²) in [6.45, 7) is 27.2. The molecule has 1 saturated carbocycles. The first-order chi connectivity index (χ1) is 27.1. The first-order valence-electron chi connectivity index (χ1n) is 21.5. The zero-order valence-electron chi connectivity index (χ0n) is 37.4. The van der Waals surface area contributed by atoms with Crippen LogP contribution in [0.15, 0.2) is 131 Å². The fourth-order valence-corrected chi connectivity index (χ4v) is 10.1. The van der Waals surface area contributed by atoms with Gasteiger partial charge in [0.1, 0.15) is 0 Å². The predicted molar refractivity (Wildman–Crippen MR) is 248 cm³/mol. The third kappa shape index (κ3) is 9.10. The van der Waals surface area contributed by atoms with Crippen LogP contribution < -0.4 is 9.80 Å². The molecule has 1 fully saturated rings. The molecule has 5 aromatic rings. The number of rotatable bonds is 10. The van der Waals surface area contributed by atoms with Crippen LogP contribution in [0.25, 0.3) is 0 Å². The maximum absolute atomic E-state index is 14.2. The molecule has 0 heterocycles. The van der Waals surface area contributed by atoms with Gasteiger partial charge < -0.3 is 9.80 Å². The highest BCUT2D eigenvalue weighted by atomic mass is 32.2. The number of hydrogen-bond donors (Lipinski definition) is 0. The molecule has 58 heavy (non-hydrogen) atoms. The molecule has 0 amide bonds. The molecule has 0 N–H and O–H groups in total. The van der Waals surface area contributed by atoms with Crippen LogP contribution in [0, 0.1) is 11.3 Å². The highest BCUT2D eigenvalue weighted by molar-refractivity contribution is 7.91. The van der Waals surface area contributed by atoms with E-state index in [4.69, 9.17) is 0 Å². The summed E-state index contributed by atoms with van der Waals surface area (Å²) in [5.74, 6) is 0.652. The largest absolute Gasteiger partial charge is 0.338 e. The van der Waals surface area contributed by atoms with Crippen LogP contribution in [0.2, 0.25) is 0 Å². The summed E-state index contributed by atoms with van der Waals surface area (Å²) >= 11 is 0. The number of hydrogen-bond acceptors (Lipinski definition) is 4. The van der Waals surface area contributed by atoms with Crippen LogP contribution in [-0.4, -0.2) is 14.5 Å². The standard InChI is InChI=1S/C53H68N2O2S/c1-13-53(38(2)3)36-34-47(35-37-53)55(44-24-18-41(19-25-44)52(10,11)12)46-28-32-49(33-29-46)58(56,57)48-30-26-45(27-31-48)54(42-20-14-39(15-21-42)50(4,5)6)43-22-16-40(17-23-43)51(7,8)9/h14-33,38,47H,13,34-37H2,1-12H3. The fraction of sp³-hybridized carbons (Fsp3) is 0.434. The van der Waals surface area contributed by atoms with Crippen molar-refractivity contribution in [1.29, 1.82) is 0 Å². The topological polar surface area (TPSA) is 40.6 Å². The van der Waals surface area contributed by atoms with E-state index in [0.717, 1.165) is 41.3 Å². The van der Waals surface area contributed by atoms with Crippen molar-refractivity contribution in [3.8, 4) is 0 Å². The van der Waals surface area contributed by atoms with E-state index in [1.807, 2.05) is 24.3 Å². The van der Waals surface area contributed by atoms with E-state index in [-0.39, 0.29) is 21.1 Å². The zero-order chi connectivity index (χ0) is 42.3. The van der Waals surface area contributed by atoms with Crippen LogP contribution >= 0.6 is 0 Å². The molecule has 308 valence electrons. The first-order valence-corrected chi connectivity index (χ1v) is 23.0. The quantitative estimate of drug-likeness (QED) is 0.141. The number of nitrogens with zero attached hydrogens (tertiary/aromatic N) is 2. The van der Waals surface area contributed by atoms with E-state index >= 15 is 0 Å². The predicted octanol–water partition coefficient (Wildman–Crippen LogP) is 15.0. The van der Waals surface area contributed by atoms with Crippen molar-refractivity contribution in [3.63, 3.8) is 0 Å². The second-order valence-corrected chi connectivity index (χ2v) is 22.1. The summed E-state index contributed by atoms with van der Waals surface area (Å²) in [4.78, 5) is 5.24. The van der Waals surface area contributed by atoms with Crippen molar-refractivity contribution in [2.45, 2.75) is 147 Å². The lowest BCUT2D eigenvalue weighted by Gasteiger charge is -2.46. The molecule has 0 radical (unpaired) electrons. The molecular formula is C53H68N2O2S. The van der Waals surface area contributed by atoms with E-state index < -0.39 is 9.84 Å². The molecule has 0 bridgehead atoms. The zero-order valence-corrected chi connectivity index (χ0v) is 38.2. The van der Waals surface area contributed by atoms with Crippen molar-refractivity contribution in [1.82, 2.24) is 0 Å². The lowest BCUT2D eigenvalue weighted by atomic mass is 9.64. The Morgan fingerprint density at radius 2 is 0.810 bits per heavy atom. The Hall–Kier alpha value is -4.35. The SMILES string of the molecule is CCC1(C(C)C)CCC(N(c2ccc(C(C)(C)C)cc2)c2ccc(S(=O)(=O)c3ccc(N(c4ccc(C(C)(C)C)cc4)c4ccc(C(C)(C)C)cc4)cc3)cc2)CC1. The molecule has 1 aliphatic carbocycles. The molecule has 1 aliphatic rings. The Kier molecular flexibility index (Phi) is 12.2. The fourth-order valence-electron chi connectivity index (χ4n) is 8.83. The molecule has 0 spiro atoms. The van der Waals surface area contributed by atoms with E-state index in [0.29, 0.717) is 22.3 Å². The Morgan fingerprint density at radius 1 is 0.517 bits per heavy atom. The Balaban J connectivity index is 1.31. The minimum Gasteiger partial charge on any atom is -0.338 e. The maximum atomic E-state index is 14.2. The smallest absolute Gasteiger partial charge is 0.206 e. The van der Waals surface area contributed by atoms with Crippen LogP contribution in [0.4, 0.5) is 28.4 Å². The van der Waals surface area contributed by atoms with Crippen LogP contribution in [-0.2, 0) is 26.1 Å². The van der Waals surface area contributed by atoms with Crippen LogP contribution in [0.1, 0.15) is 132 Å². The van der Waals surface area contributed by atoms with Gasteiger partial charge in [-0.25, -0.2) is 8.42 Å². The number of benzene rings is 5. The summed E-state index contributed by atoms with van der Waals surface area (Å²) < 4.78 is 28.5. The van der Waals surface area contributed by atoms with Gasteiger partial charge in [0.2, 0.25) is 9.84 Å². The highest BCUT2D eigenvalue weighted by Gasteiger charge is 2.38. The van der Waals surface area contributed by atoms with Crippen LogP contribution in [0.3, 0.4) is 0 Å². The second kappa shape index (κ2) is 16.4. The molecule has 5 heteroatoms. The van der Waals surface area contributed by atoms with Gasteiger partial charge in [0.15, 0.2) is 0 Å². The van der Waals surface area contributed by atoms with E-state index in [2.05, 4.69) is 166 Å². The summed E-state index contributed by atoms with van der Waals surface area (Å²) in [5, 5.41) is 0. The minimum absolute atomic E-state index is 0.0347. The van der Waals surface area contributed by atoms with Crippen molar-refractivity contribution in [2.24, 2.45) is 11.3 Å². The van der Waals surface area contributed by atoms with Crippen molar-refractivity contribution in [2.75, 3.05) is 9.80 Å². The summed E-state index contributed by atoms with van der Waals surface area (Å²) in [6.07, 6.45) is 5.83. The van der Waals surface area contributed by atoms with Gasteiger partial charge in [-0.05, 0) is 155 Å². The molecule has 0 atom stereocenters. The van der Waals surface area contributed by atoms with E-state index in [9.17, 15) is 8.42 Å². The lowest BCUT2D eigenvalue weighted by Crippen LogP contribution is -2.40. The van der Waals surface area contributed by atoms with Gasteiger partial charge >= 0.3 is 0 Å². The molecule has 6 rings (SSSR count). The average Bonchev–Trinajstić information content (AvgIpc) is 3.18. The van der Waals surface area contributed by atoms with Gasteiger partial charge in [-0.15, -0.1) is 0 Å². The average molecular weight is 797 g/mol.